The highest BCUT2D eigenvalue weighted by Crippen LogP contribution is 2.47. The summed E-state index contributed by atoms with van der Waals surface area (Å²) in [4.78, 5) is 0. The first-order valence-corrected chi connectivity index (χ1v) is 18.1. The van der Waals surface area contributed by atoms with E-state index in [1.807, 2.05) is 0 Å². The maximum atomic E-state index is 7.00. The molecule has 2 rings (SSSR count). The minimum absolute atomic E-state index is 0.0307. The number of rotatable bonds is 16. The van der Waals surface area contributed by atoms with Gasteiger partial charge in [-0.1, -0.05) is 89.1 Å². The van der Waals surface area contributed by atoms with E-state index in [-0.39, 0.29) is 5.41 Å². The molecule has 0 heterocycles. The molecule has 0 saturated heterocycles. The molecule has 0 radical (unpaired) electrons. The molecular formula is C27H48O2Si2. The van der Waals surface area contributed by atoms with Crippen LogP contribution in [0.1, 0.15) is 67.2 Å². The molecule has 31 heavy (non-hydrogen) atoms. The molecule has 0 atom stereocenters. The average molecular weight is 461 g/mol. The van der Waals surface area contributed by atoms with Crippen molar-refractivity contribution in [2.24, 2.45) is 5.41 Å². The van der Waals surface area contributed by atoms with Crippen LogP contribution in [0.5, 0.6) is 0 Å². The quantitative estimate of drug-likeness (QED) is 0.170. The van der Waals surface area contributed by atoms with Crippen LogP contribution in [0, 0.1) is 5.41 Å². The maximum Gasteiger partial charge on any atom is 0.192 e. The lowest BCUT2D eigenvalue weighted by molar-refractivity contribution is 0.171. The van der Waals surface area contributed by atoms with E-state index in [2.05, 4.69) is 78.0 Å². The van der Waals surface area contributed by atoms with Crippen LogP contribution in [-0.2, 0) is 8.85 Å². The van der Waals surface area contributed by atoms with Gasteiger partial charge in [-0.05, 0) is 61.9 Å². The molecule has 176 valence electrons. The summed E-state index contributed by atoms with van der Waals surface area (Å²) in [6.07, 6.45) is 18.3. The van der Waals surface area contributed by atoms with E-state index in [4.69, 9.17) is 8.85 Å². The van der Waals surface area contributed by atoms with Gasteiger partial charge in [0.2, 0.25) is 0 Å². The van der Waals surface area contributed by atoms with Crippen LogP contribution in [0.15, 0.2) is 47.6 Å². The first-order chi connectivity index (χ1) is 15.0. The summed E-state index contributed by atoms with van der Waals surface area (Å²) in [6.45, 7) is 15.8. The van der Waals surface area contributed by atoms with Gasteiger partial charge >= 0.3 is 0 Å². The number of hydrogen-bond acceptors (Lipinski definition) is 2. The molecule has 0 aromatic carbocycles. The summed E-state index contributed by atoms with van der Waals surface area (Å²) in [5.74, 6) is 0. The molecule has 0 aromatic heterocycles. The Balaban J connectivity index is 2.22. The molecule has 0 spiro atoms. The molecule has 0 amide bonds. The first kappa shape index (κ1) is 26.6. The van der Waals surface area contributed by atoms with Crippen LogP contribution in [0.3, 0.4) is 0 Å². The molecule has 0 bridgehead atoms. The lowest BCUT2D eigenvalue weighted by Gasteiger charge is -2.41. The molecule has 0 saturated carbocycles. The second-order valence-corrected chi connectivity index (χ2v) is 19.0. The summed E-state index contributed by atoms with van der Waals surface area (Å²) in [6, 6.07) is 7.34. The van der Waals surface area contributed by atoms with Crippen LogP contribution in [-0.4, -0.2) is 29.8 Å². The monoisotopic (exact) mass is 460 g/mol. The zero-order chi connectivity index (χ0) is 22.8. The zero-order valence-corrected chi connectivity index (χ0v) is 23.3. The Bertz CT molecular complexity index is 620. The van der Waals surface area contributed by atoms with Crippen molar-refractivity contribution in [3.63, 3.8) is 0 Å². The molecule has 0 unspecified atom stereocenters. The van der Waals surface area contributed by atoms with E-state index in [1.54, 1.807) is 11.1 Å². The Kier molecular flexibility index (Phi) is 10.7. The summed E-state index contributed by atoms with van der Waals surface area (Å²) < 4.78 is 13.6. The van der Waals surface area contributed by atoms with Crippen molar-refractivity contribution in [2.45, 2.75) is 103 Å². The van der Waals surface area contributed by atoms with E-state index < -0.39 is 16.6 Å². The van der Waals surface area contributed by atoms with E-state index in [9.17, 15) is 0 Å². The van der Waals surface area contributed by atoms with Gasteiger partial charge in [0.1, 0.15) is 0 Å². The largest absolute Gasteiger partial charge is 0.417 e. The van der Waals surface area contributed by atoms with Gasteiger partial charge in [-0.3, -0.25) is 0 Å². The van der Waals surface area contributed by atoms with Crippen LogP contribution in [0.2, 0.25) is 36.3 Å². The summed E-state index contributed by atoms with van der Waals surface area (Å²) >= 11 is 0. The summed E-state index contributed by atoms with van der Waals surface area (Å²) in [5.41, 5.74) is 3.14. The minimum Gasteiger partial charge on any atom is -0.417 e. The zero-order valence-electron chi connectivity index (χ0n) is 21.3. The second kappa shape index (κ2) is 12.5. The maximum absolute atomic E-state index is 7.00. The van der Waals surface area contributed by atoms with E-state index >= 15 is 0 Å². The van der Waals surface area contributed by atoms with Gasteiger partial charge in [-0.2, -0.15) is 0 Å². The smallest absolute Gasteiger partial charge is 0.192 e. The van der Waals surface area contributed by atoms with Crippen molar-refractivity contribution in [3.05, 3.63) is 47.6 Å². The van der Waals surface area contributed by atoms with Crippen molar-refractivity contribution in [1.29, 1.82) is 0 Å². The van der Waals surface area contributed by atoms with Gasteiger partial charge in [-0.25, -0.2) is 0 Å². The third kappa shape index (κ3) is 6.22. The lowest BCUT2D eigenvalue weighted by atomic mass is 9.70. The lowest BCUT2D eigenvalue weighted by Crippen LogP contribution is -2.42. The fourth-order valence-electron chi connectivity index (χ4n) is 5.44. The van der Waals surface area contributed by atoms with E-state index in [0.29, 0.717) is 0 Å². The van der Waals surface area contributed by atoms with E-state index in [0.717, 1.165) is 38.9 Å². The highest BCUT2D eigenvalue weighted by molar-refractivity contribution is 6.74. The average Bonchev–Trinajstić information content (AvgIpc) is 3.55. The second-order valence-electron chi connectivity index (χ2n) is 9.46. The molecule has 2 aliphatic carbocycles. The van der Waals surface area contributed by atoms with Crippen LogP contribution >= 0.6 is 0 Å². The van der Waals surface area contributed by atoms with Gasteiger partial charge in [0.25, 0.3) is 0 Å². The fraction of sp³-hybridized carbons (Fsp3) is 0.704. The Morgan fingerprint density at radius 2 is 1.16 bits per heavy atom. The van der Waals surface area contributed by atoms with Crippen molar-refractivity contribution in [3.8, 4) is 0 Å². The predicted molar refractivity (Wildman–Crippen MR) is 142 cm³/mol. The van der Waals surface area contributed by atoms with Gasteiger partial charge in [-0.15, -0.1) is 0 Å². The van der Waals surface area contributed by atoms with Gasteiger partial charge < -0.3 is 8.85 Å². The minimum atomic E-state index is -1.64. The number of hydrogen-bond donors (Lipinski definition) is 0. The highest BCUT2D eigenvalue weighted by Gasteiger charge is 2.41. The Morgan fingerprint density at radius 1 is 0.710 bits per heavy atom. The van der Waals surface area contributed by atoms with E-state index in [1.165, 1.54) is 36.3 Å². The third-order valence-corrected chi connectivity index (χ3v) is 17.7. The van der Waals surface area contributed by atoms with Crippen LogP contribution in [0.4, 0.5) is 0 Å². The molecule has 2 nitrogen and oxygen atoms in total. The molecular weight excluding hydrogens is 412 g/mol. The first-order valence-electron chi connectivity index (χ1n) is 13.0. The van der Waals surface area contributed by atoms with Crippen molar-refractivity contribution in [1.82, 2.24) is 0 Å². The number of allylic oxidation sites excluding steroid dienone is 6. The summed E-state index contributed by atoms with van der Waals surface area (Å²) in [5, 5.41) is 0. The van der Waals surface area contributed by atoms with Crippen LogP contribution in [0.25, 0.3) is 0 Å². The predicted octanol–water partition coefficient (Wildman–Crippen LogP) is 8.57. The highest BCUT2D eigenvalue weighted by atomic mass is 28.4. The molecule has 2 aliphatic rings. The summed E-state index contributed by atoms with van der Waals surface area (Å²) in [7, 11) is -3.16. The fourth-order valence-corrected chi connectivity index (χ4v) is 10.8. The molecule has 0 aromatic rings. The normalized spacial score (nSPS) is 16.8. The van der Waals surface area contributed by atoms with Crippen molar-refractivity contribution in [2.75, 3.05) is 13.2 Å². The topological polar surface area (TPSA) is 18.5 Å². The van der Waals surface area contributed by atoms with Gasteiger partial charge in [0, 0.05) is 18.6 Å². The van der Waals surface area contributed by atoms with Gasteiger partial charge in [0.15, 0.2) is 16.6 Å². The molecule has 0 fully saturated rings. The van der Waals surface area contributed by atoms with Crippen molar-refractivity contribution < 1.29 is 8.85 Å². The Labute approximate surface area is 195 Å². The third-order valence-electron chi connectivity index (χ3n) is 8.42. The van der Waals surface area contributed by atoms with Crippen LogP contribution < -0.4 is 0 Å². The molecule has 0 N–H and O–H groups in total. The van der Waals surface area contributed by atoms with Crippen molar-refractivity contribution >= 4 is 16.6 Å². The Morgan fingerprint density at radius 3 is 1.55 bits per heavy atom. The standard InChI is InChI=1S/C27H48O2Si2/c1-7-30(8-2,9-3)28-23-17-22-27(25-18-13-14-19-25,26-20-15-16-21-26)24-29-31(10-4,11-5)12-6/h13-16,18,20H,7-12,17,19,21-24H2,1-6H3. The Hall–Kier alpha value is -0.686. The molecule has 4 heteroatoms. The van der Waals surface area contributed by atoms with Gasteiger partial charge in [0.05, 0.1) is 0 Å². The molecule has 0 aliphatic heterocycles. The SMILES string of the molecule is CC[Si](CC)(CC)OCCCC(CO[Si](CC)(CC)CC)(C1=CC=CC1)C1=CC=CC1.